The number of hydrogen-bond donors (Lipinski definition) is 3. The molecule has 3 N–H and O–H groups in total. The van der Waals surface area contributed by atoms with Gasteiger partial charge in [-0.15, -0.1) is 11.3 Å². The summed E-state index contributed by atoms with van der Waals surface area (Å²) in [5, 5.41) is 8.35. The van der Waals surface area contributed by atoms with E-state index < -0.39 is 30.1 Å². The highest BCUT2D eigenvalue weighted by atomic mass is 32.1. The van der Waals surface area contributed by atoms with Gasteiger partial charge in [0.15, 0.2) is 5.75 Å². The lowest BCUT2D eigenvalue weighted by Gasteiger charge is -2.30. The molecule has 3 aromatic rings. The lowest BCUT2D eigenvalue weighted by atomic mass is 10.0. The number of aryl methyl sites for hydroxylation is 1. The Hall–Kier alpha value is -4.13. The van der Waals surface area contributed by atoms with Gasteiger partial charge in [-0.05, 0) is 62.6 Å². The lowest BCUT2D eigenvalue weighted by molar-refractivity contribution is -0.141. The van der Waals surface area contributed by atoms with Crippen molar-refractivity contribution < 1.29 is 32.7 Å². The highest BCUT2D eigenvalue weighted by molar-refractivity contribution is 7.18. The third kappa shape index (κ3) is 6.48. The number of carbonyl (C=O) groups is 4. The third-order valence-corrected chi connectivity index (χ3v) is 7.61. The van der Waals surface area contributed by atoms with Crippen LogP contribution in [0.25, 0.3) is 10.2 Å². The van der Waals surface area contributed by atoms with E-state index >= 15 is 0 Å². The van der Waals surface area contributed by atoms with Gasteiger partial charge in [0.25, 0.3) is 0 Å². The van der Waals surface area contributed by atoms with Crippen molar-refractivity contribution in [2.24, 2.45) is 0 Å². The van der Waals surface area contributed by atoms with Crippen LogP contribution in [0.1, 0.15) is 42.8 Å². The number of nitrogens with one attached hydrogen (secondary N) is 3. The van der Waals surface area contributed by atoms with E-state index in [0.29, 0.717) is 27.4 Å². The molecule has 1 aromatic heterocycles. The standard InChI is InChI=1S/C26H27F2N5O5S/c1-14-7-8-16(11-15(14)12-33(13-34)17-9-10-20(35)30-22(17)36)29-25(37)32-26(2,3)23-31-21-18(38-24(27)28)5-4-6-19(21)39-23/h4-8,11,13,17,24H,9-10,12H2,1-3H3,(H2,29,32,37)(H,30,35,36). The number of imide groups is 1. The summed E-state index contributed by atoms with van der Waals surface area (Å²) in [5.74, 6) is -0.931. The number of aromatic nitrogens is 1. The van der Waals surface area contributed by atoms with Crippen molar-refractivity contribution in [1.29, 1.82) is 0 Å². The van der Waals surface area contributed by atoms with E-state index in [2.05, 4.69) is 25.7 Å². The second kappa shape index (κ2) is 11.3. The number of para-hydroxylation sites is 1. The van der Waals surface area contributed by atoms with Crippen molar-refractivity contribution in [2.45, 2.75) is 58.3 Å². The molecule has 1 saturated heterocycles. The van der Waals surface area contributed by atoms with E-state index in [4.69, 9.17) is 0 Å². The number of alkyl halides is 2. The molecule has 10 nitrogen and oxygen atoms in total. The molecule has 13 heteroatoms. The van der Waals surface area contributed by atoms with Crippen LogP contribution < -0.4 is 20.7 Å². The molecule has 0 radical (unpaired) electrons. The maximum absolute atomic E-state index is 12.9. The Morgan fingerprint density at radius 1 is 1.31 bits per heavy atom. The van der Waals surface area contributed by atoms with Crippen molar-refractivity contribution in [1.82, 2.24) is 20.5 Å². The fraction of sp³-hybridized carbons (Fsp3) is 0.346. The first-order chi connectivity index (χ1) is 18.5. The normalized spacial score (nSPS) is 15.7. The van der Waals surface area contributed by atoms with Gasteiger partial charge >= 0.3 is 12.6 Å². The number of nitrogens with zero attached hydrogens (tertiary/aromatic N) is 2. The molecule has 1 fully saturated rings. The molecule has 5 amide bonds. The number of halogens is 2. The van der Waals surface area contributed by atoms with Gasteiger partial charge in [0.2, 0.25) is 18.2 Å². The number of piperidine rings is 1. The van der Waals surface area contributed by atoms with E-state index in [0.717, 1.165) is 5.56 Å². The number of amides is 5. The number of benzene rings is 2. The van der Waals surface area contributed by atoms with E-state index in [9.17, 15) is 28.0 Å². The zero-order chi connectivity index (χ0) is 28.3. The average Bonchev–Trinajstić information content (AvgIpc) is 3.31. The van der Waals surface area contributed by atoms with Crippen LogP contribution in [0.4, 0.5) is 19.3 Å². The highest BCUT2D eigenvalue weighted by Gasteiger charge is 2.31. The van der Waals surface area contributed by atoms with Crippen molar-refractivity contribution in [3.8, 4) is 5.75 Å². The van der Waals surface area contributed by atoms with E-state index in [1.807, 2.05) is 6.92 Å². The number of fused-ring (bicyclic) bond motifs is 1. The largest absolute Gasteiger partial charge is 0.432 e. The molecule has 1 aliphatic heterocycles. The molecule has 2 heterocycles. The molecule has 0 aliphatic carbocycles. The minimum atomic E-state index is -2.99. The first-order valence-electron chi connectivity index (χ1n) is 12.0. The molecule has 0 spiro atoms. The molecule has 0 saturated carbocycles. The molecular formula is C26H27F2N5O5S. The Bertz CT molecular complexity index is 1430. The van der Waals surface area contributed by atoms with Gasteiger partial charge in [-0.1, -0.05) is 12.1 Å². The number of hydrogen-bond acceptors (Lipinski definition) is 7. The lowest BCUT2D eigenvalue weighted by Crippen LogP contribution is -2.51. The summed E-state index contributed by atoms with van der Waals surface area (Å²) < 4.78 is 30.8. The van der Waals surface area contributed by atoms with Crippen LogP contribution in [-0.2, 0) is 26.5 Å². The quantitative estimate of drug-likeness (QED) is 0.268. The first kappa shape index (κ1) is 27.9. The van der Waals surface area contributed by atoms with Gasteiger partial charge in [-0.3, -0.25) is 19.7 Å². The Morgan fingerprint density at radius 2 is 2.08 bits per heavy atom. The van der Waals surface area contributed by atoms with Crippen molar-refractivity contribution >= 4 is 51.5 Å². The average molecular weight is 560 g/mol. The highest BCUT2D eigenvalue weighted by Crippen LogP contribution is 2.35. The molecular weight excluding hydrogens is 532 g/mol. The zero-order valence-electron chi connectivity index (χ0n) is 21.4. The second-order valence-corrected chi connectivity index (χ2v) is 10.6. The van der Waals surface area contributed by atoms with Gasteiger partial charge in [0, 0.05) is 18.7 Å². The number of carbonyl (C=O) groups excluding carboxylic acids is 4. The van der Waals surface area contributed by atoms with Gasteiger partial charge in [-0.2, -0.15) is 8.78 Å². The Kier molecular flexibility index (Phi) is 8.09. The molecule has 1 aliphatic rings. The van der Waals surface area contributed by atoms with Crippen LogP contribution in [0.15, 0.2) is 36.4 Å². The maximum atomic E-state index is 12.9. The fourth-order valence-electron chi connectivity index (χ4n) is 4.22. The second-order valence-electron chi connectivity index (χ2n) is 9.59. The van der Waals surface area contributed by atoms with Crippen LogP contribution in [0, 0.1) is 6.92 Å². The zero-order valence-corrected chi connectivity index (χ0v) is 22.2. The number of rotatable bonds is 9. The maximum Gasteiger partial charge on any atom is 0.387 e. The summed E-state index contributed by atoms with van der Waals surface area (Å²) in [7, 11) is 0. The van der Waals surface area contributed by atoms with E-state index in [1.165, 1.54) is 22.3 Å². The molecule has 4 rings (SSSR count). The Balaban J connectivity index is 1.46. The molecule has 2 aromatic carbocycles. The summed E-state index contributed by atoms with van der Waals surface area (Å²) in [4.78, 5) is 54.1. The number of ether oxygens (including phenoxy) is 1. The van der Waals surface area contributed by atoms with Crippen LogP contribution in [0.2, 0.25) is 0 Å². The minimum absolute atomic E-state index is 0.0425. The molecule has 1 unspecified atom stereocenters. The summed E-state index contributed by atoms with van der Waals surface area (Å²) >= 11 is 1.25. The number of urea groups is 1. The molecule has 1 atom stereocenters. The summed E-state index contributed by atoms with van der Waals surface area (Å²) in [6, 6.07) is 8.63. The third-order valence-electron chi connectivity index (χ3n) is 6.26. The van der Waals surface area contributed by atoms with Gasteiger partial charge in [0.1, 0.15) is 16.6 Å². The van der Waals surface area contributed by atoms with Gasteiger partial charge in [0.05, 0.1) is 10.2 Å². The van der Waals surface area contributed by atoms with Gasteiger partial charge in [-0.25, -0.2) is 9.78 Å². The van der Waals surface area contributed by atoms with E-state index in [1.54, 1.807) is 44.2 Å². The van der Waals surface area contributed by atoms with E-state index in [-0.39, 0.29) is 36.6 Å². The predicted octanol–water partition coefficient (Wildman–Crippen LogP) is 4.03. The summed E-state index contributed by atoms with van der Waals surface area (Å²) in [6.07, 6.45) is 0.955. The van der Waals surface area contributed by atoms with Crippen LogP contribution in [0.5, 0.6) is 5.75 Å². The molecule has 0 bridgehead atoms. The summed E-state index contributed by atoms with van der Waals surface area (Å²) in [6.45, 7) is 2.44. The smallest absolute Gasteiger partial charge is 0.387 e. The van der Waals surface area contributed by atoms with Crippen molar-refractivity contribution in [3.05, 3.63) is 52.5 Å². The Morgan fingerprint density at radius 3 is 2.77 bits per heavy atom. The first-order valence-corrected chi connectivity index (χ1v) is 12.9. The Labute approximate surface area is 226 Å². The van der Waals surface area contributed by atoms with Crippen molar-refractivity contribution in [3.63, 3.8) is 0 Å². The monoisotopic (exact) mass is 559 g/mol. The SMILES string of the molecule is Cc1ccc(NC(=O)NC(C)(C)c2nc3c(OC(F)F)cccc3s2)cc1CN(C=O)C1CCC(=O)NC1=O. The number of thiazole rings is 1. The van der Waals surface area contributed by atoms with Crippen LogP contribution in [-0.4, -0.2) is 46.8 Å². The minimum Gasteiger partial charge on any atom is -0.432 e. The van der Waals surface area contributed by atoms with Crippen LogP contribution in [0.3, 0.4) is 0 Å². The van der Waals surface area contributed by atoms with Crippen LogP contribution >= 0.6 is 11.3 Å². The fourth-order valence-corrected chi connectivity index (χ4v) is 5.26. The number of anilines is 1. The van der Waals surface area contributed by atoms with Gasteiger partial charge < -0.3 is 20.3 Å². The predicted molar refractivity (Wildman–Crippen MR) is 140 cm³/mol. The van der Waals surface area contributed by atoms with Crippen molar-refractivity contribution in [2.75, 3.05) is 5.32 Å². The molecule has 206 valence electrons. The topological polar surface area (TPSA) is 130 Å². The summed E-state index contributed by atoms with van der Waals surface area (Å²) in [5.41, 5.74) is 1.34. The molecule has 39 heavy (non-hydrogen) atoms.